The summed E-state index contributed by atoms with van der Waals surface area (Å²) in [5.41, 5.74) is 0. The molecule has 0 aliphatic heterocycles. The third-order valence-electron chi connectivity index (χ3n) is 2.49. The molecule has 0 spiro atoms. The van der Waals surface area contributed by atoms with Gasteiger partial charge in [-0.2, -0.15) is 20.8 Å². The monoisotopic (exact) mass is 532 g/mol. The van der Waals surface area contributed by atoms with E-state index in [4.69, 9.17) is 0 Å². The summed E-state index contributed by atoms with van der Waals surface area (Å²) in [6.45, 7) is 12.5. The molecule has 123 valence electrons. The predicted molar refractivity (Wildman–Crippen MR) is 98.6 cm³/mol. The molecule has 0 unspecified atom stereocenters. The van der Waals surface area contributed by atoms with E-state index in [1.807, 2.05) is 38.5 Å². The first-order valence-corrected chi connectivity index (χ1v) is 7.73. The summed E-state index contributed by atoms with van der Waals surface area (Å²) in [6.07, 6.45) is 24.7. The molecule has 3 rings (SSSR count). The van der Waals surface area contributed by atoms with E-state index in [0.29, 0.717) is 0 Å². The molecule has 3 saturated carbocycles. The van der Waals surface area contributed by atoms with Gasteiger partial charge >= 0.3 is 0 Å². The van der Waals surface area contributed by atoms with Gasteiger partial charge in [0.15, 0.2) is 0 Å². The van der Waals surface area contributed by atoms with Crippen molar-refractivity contribution < 1.29 is 31.1 Å². The van der Waals surface area contributed by atoms with Crippen LogP contribution in [-0.4, -0.2) is 0 Å². The number of hydrogen-bond acceptors (Lipinski definition) is 0. The topological polar surface area (TPSA) is 0 Å². The third kappa shape index (κ3) is 21.0. The maximum atomic E-state index is 2.08. The summed E-state index contributed by atoms with van der Waals surface area (Å²) in [5.74, 6) is 5.44. The van der Waals surface area contributed by atoms with Crippen LogP contribution in [0.3, 0.4) is 0 Å². The molecule has 15 radical (unpaired) electrons. The summed E-state index contributed by atoms with van der Waals surface area (Å²) in [4.78, 5) is 0. The molecule has 0 aromatic carbocycles. The van der Waals surface area contributed by atoms with E-state index < -0.39 is 0 Å². The molecule has 0 aromatic heterocycles. The molecule has 1 heteroatoms. The molecular weight excluding hydrogens is 502 g/mol. The second-order valence-electron chi connectivity index (χ2n) is 5.89. The van der Waals surface area contributed by atoms with Gasteiger partial charge in [0.1, 0.15) is 0 Å². The van der Waals surface area contributed by atoms with Gasteiger partial charge < -0.3 is 5.92 Å². The van der Waals surface area contributed by atoms with Crippen LogP contribution >= 0.6 is 0 Å². The standard InChI is InChI=1S/3C6H7.C4H9.U/c3*1-6-4-2-3-5-6;1-4(2)3;/h3*2-5H,1H3;1-3H3;/q;;;-1;. The Hall–Kier alpha value is 1.05. The van der Waals surface area contributed by atoms with Gasteiger partial charge in [0.05, 0.1) is 0 Å². The van der Waals surface area contributed by atoms with Crippen LogP contribution < -0.4 is 0 Å². The van der Waals surface area contributed by atoms with Crippen molar-refractivity contribution in [2.24, 2.45) is 0 Å². The average Bonchev–Trinajstić information content (AvgIpc) is 3.15. The fraction of sp³-hybridized carbons (Fsp3) is 0.273. The fourth-order valence-corrected chi connectivity index (χ4v) is 1.41. The zero-order chi connectivity index (χ0) is 16.8. The van der Waals surface area contributed by atoms with Crippen molar-refractivity contribution in [3.8, 4) is 0 Å². The quantitative estimate of drug-likeness (QED) is 0.343. The van der Waals surface area contributed by atoms with Crippen LogP contribution in [0, 0.1) is 132 Å². The molecule has 0 amide bonds. The first-order chi connectivity index (χ1) is 10.4. The number of hydrogen-bond donors (Lipinski definition) is 0. The largest absolute Gasteiger partial charge is 0.323 e. The molecule has 0 bridgehead atoms. The van der Waals surface area contributed by atoms with Crippen molar-refractivity contribution in [1.82, 2.24) is 0 Å². The Morgan fingerprint density at radius 3 is 0.652 bits per heavy atom. The summed E-state index contributed by atoms with van der Waals surface area (Å²) >= 11 is 0. The molecule has 0 aromatic rings. The van der Waals surface area contributed by atoms with E-state index in [2.05, 4.69) is 80.1 Å². The maximum Gasteiger partial charge on any atom is 0 e. The summed E-state index contributed by atoms with van der Waals surface area (Å²) < 4.78 is 0. The Balaban J connectivity index is 0. The van der Waals surface area contributed by atoms with Crippen LogP contribution in [0.4, 0.5) is 0 Å². The van der Waals surface area contributed by atoms with Crippen LogP contribution in [-0.2, 0) is 0 Å². The first kappa shape index (κ1) is 26.3. The summed E-state index contributed by atoms with van der Waals surface area (Å²) in [6, 6.07) is 0. The van der Waals surface area contributed by atoms with E-state index in [-0.39, 0.29) is 31.1 Å². The summed E-state index contributed by atoms with van der Waals surface area (Å²) in [5, 5.41) is 0. The van der Waals surface area contributed by atoms with Gasteiger partial charge in [0.25, 0.3) is 0 Å². The van der Waals surface area contributed by atoms with E-state index >= 15 is 0 Å². The Kier molecular flexibility index (Phi) is 20.4. The smallest absolute Gasteiger partial charge is 0 e. The number of rotatable bonds is 0. The van der Waals surface area contributed by atoms with E-state index in [0.717, 1.165) is 0 Å². The first-order valence-electron chi connectivity index (χ1n) is 7.73. The molecule has 3 aliphatic rings. The van der Waals surface area contributed by atoms with Crippen molar-refractivity contribution in [2.45, 2.75) is 41.5 Å². The van der Waals surface area contributed by atoms with Crippen molar-refractivity contribution in [3.05, 3.63) is 101 Å². The van der Waals surface area contributed by atoms with Gasteiger partial charge in [-0.15, -0.1) is 0 Å². The zero-order valence-electron chi connectivity index (χ0n) is 15.4. The van der Waals surface area contributed by atoms with Crippen molar-refractivity contribution >= 4 is 0 Å². The van der Waals surface area contributed by atoms with Crippen molar-refractivity contribution in [2.75, 3.05) is 0 Å². The van der Waals surface area contributed by atoms with E-state index in [9.17, 15) is 0 Å². The molecule has 0 atom stereocenters. The Bertz CT molecular complexity index is 170. The molecule has 0 heterocycles. The predicted octanol–water partition coefficient (Wildman–Crippen LogP) is 5.86. The van der Waals surface area contributed by atoms with Crippen LogP contribution in [0.1, 0.15) is 41.5 Å². The molecule has 0 N–H and O–H groups in total. The van der Waals surface area contributed by atoms with E-state index in [1.165, 1.54) is 23.7 Å². The van der Waals surface area contributed by atoms with Crippen molar-refractivity contribution in [3.63, 3.8) is 0 Å². The molecule has 0 saturated heterocycles. The van der Waals surface area contributed by atoms with E-state index in [1.54, 1.807) is 0 Å². The molecule has 3 aliphatic carbocycles. The molecule has 23 heavy (non-hydrogen) atoms. The molecular formula is C22H30U-. The van der Waals surface area contributed by atoms with Gasteiger partial charge in [0.2, 0.25) is 0 Å². The second-order valence-corrected chi connectivity index (χ2v) is 5.89. The average molecular weight is 533 g/mol. The second kappa shape index (κ2) is 17.9. The van der Waals surface area contributed by atoms with Crippen LogP contribution in [0.2, 0.25) is 0 Å². The van der Waals surface area contributed by atoms with Crippen molar-refractivity contribution in [1.29, 1.82) is 0 Å². The molecule has 3 fully saturated rings. The maximum absolute atomic E-state index is 2.08. The van der Waals surface area contributed by atoms with Crippen LogP contribution in [0.25, 0.3) is 0 Å². The normalized spacial score (nSPS) is 21.5. The Morgan fingerprint density at radius 2 is 0.609 bits per heavy atom. The van der Waals surface area contributed by atoms with Crippen LogP contribution in [0.5, 0.6) is 0 Å². The van der Waals surface area contributed by atoms with Gasteiger partial charge in [0, 0.05) is 31.1 Å². The molecule has 0 nitrogen and oxygen atoms in total. The van der Waals surface area contributed by atoms with Gasteiger partial charge in [-0.25, -0.2) is 0 Å². The zero-order valence-corrected chi connectivity index (χ0v) is 19.6. The van der Waals surface area contributed by atoms with Gasteiger partial charge in [-0.05, 0) is 94.8 Å². The van der Waals surface area contributed by atoms with Gasteiger partial charge in [-0.3, -0.25) is 0 Å². The SMILES string of the molecule is C[C-](C)C.C[C]1[CH][CH][CH][CH]1.C[C]1[CH][CH][CH][CH]1.C[C]1[CH][CH][CH][CH]1.[U]. The summed E-state index contributed by atoms with van der Waals surface area (Å²) in [7, 11) is 0. The Labute approximate surface area is 172 Å². The minimum atomic E-state index is 0. The third-order valence-corrected chi connectivity index (χ3v) is 2.49. The minimum Gasteiger partial charge on any atom is -0.323 e. The van der Waals surface area contributed by atoms with Crippen LogP contribution in [0.15, 0.2) is 0 Å². The van der Waals surface area contributed by atoms with Gasteiger partial charge in [-0.1, -0.05) is 20.8 Å². The Morgan fingerprint density at radius 1 is 0.478 bits per heavy atom. The fourth-order valence-electron chi connectivity index (χ4n) is 1.41. The minimum absolute atomic E-state index is 0.